The summed E-state index contributed by atoms with van der Waals surface area (Å²) in [6.07, 6.45) is 17.8. The molecule has 5 rings (SSSR count). The molecule has 4 fully saturated rings. The normalized spacial score (nSPS) is 23.6. The van der Waals surface area contributed by atoms with E-state index in [1.165, 1.54) is 63.4 Å². The molecule has 5 nitrogen and oxygen atoms in total. The first-order valence-electron chi connectivity index (χ1n) is 14.4. The second-order valence-electron chi connectivity index (χ2n) is 11.4. The third-order valence-electron chi connectivity index (χ3n) is 8.34. The molecule has 1 amide bonds. The van der Waals surface area contributed by atoms with Crippen molar-refractivity contribution >= 4 is 12.2 Å². The number of likely N-dealkylation sites (tertiary alicyclic amines) is 2. The molecular weight excluding hydrogens is 448 g/mol. The SMILES string of the molecule is CN1CCC(O)C2(CCCC2)C1.CN1CCCC1=O.Cc1ccccc1.O=CCCC1CCCCC1. The van der Waals surface area contributed by atoms with Crippen LogP contribution in [0, 0.1) is 18.3 Å². The molecule has 2 aliphatic heterocycles. The smallest absolute Gasteiger partial charge is 0.222 e. The summed E-state index contributed by atoms with van der Waals surface area (Å²) >= 11 is 0. The molecule has 4 aliphatic rings. The summed E-state index contributed by atoms with van der Waals surface area (Å²) in [5.41, 5.74) is 1.61. The molecule has 0 radical (unpaired) electrons. The maximum atomic E-state index is 10.5. The number of benzene rings is 1. The lowest BCUT2D eigenvalue weighted by atomic mass is 9.76. The van der Waals surface area contributed by atoms with E-state index in [2.05, 4.69) is 31.0 Å². The molecule has 2 aliphatic carbocycles. The van der Waals surface area contributed by atoms with Crippen molar-refractivity contribution in [3.05, 3.63) is 35.9 Å². The van der Waals surface area contributed by atoms with Gasteiger partial charge in [-0.2, -0.15) is 0 Å². The van der Waals surface area contributed by atoms with Crippen LogP contribution in [-0.2, 0) is 9.59 Å². The first-order chi connectivity index (χ1) is 17.4. The zero-order valence-corrected chi connectivity index (χ0v) is 23.3. The van der Waals surface area contributed by atoms with Crippen LogP contribution in [0.25, 0.3) is 0 Å². The zero-order valence-electron chi connectivity index (χ0n) is 23.3. The van der Waals surface area contributed by atoms with Crippen molar-refractivity contribution < 1.29 is 14.7 Å². The second kappa shape index (κ2) is 16.9. The summed E-state index contributed by atoms with van der Waals surface area (Å²) in [5.74, 6) is 1.17. The minimum absolute atomic E-state index is 0.0174. The van der Waals surface area contributed by atoms with Gasteiger partial charge in [0.1, 0.15) is 6.29 Å². The van der Waals surface area contributed by atoms with E-state index in [0.717, 1.165) is 63.9 Å². The number of aliphatic hydroxyl groups excluding tert-OH is 1. The summed E-state index contributed by atoms with van der Waals surface area (Å²) in [4.78, 5) is 24.7. The Bertz CT molecular complexity index is 727. The lowest BCUT2D eigenvalue weighted by Gasteiger charge is -2.42. The highest BCUT2D eigenvalue weighted by molar-refractivity contribution is 5.77. The van der Waals surface area contributed by atoms with Crippen LogP contribution in [-0.4, -0.2) is 66.9 Å². The molecule has 2 saturated carbocycles. The maximum Gasteiger partial charge on any atom is 0.222 e. The summed E-state index contributed by atoms with van der Waals surface area (Å²) in [6.45, 7) is 5.23. The van der Waals surface area contributed by atoms with Gasteiger partial charge in [-0.25, -0.2) is 0 Å². The molecule has 0 aromatic heterocycles. The summed E-state index contributed by atoms with van der Waals surface area (Å²) < 4.78 is 0. The number of piperidine rings is 1. The fraction of sp³-hybridized carbons (Fsp3) is 0.742. The first-order valence-corrected chi connectivity index (χ1v) is 14.4. The molecule has 1 N–H and O–H groups in total. The standard InChI is InChI=1S/C10H19NO.C9H16O.C7H8.C5H9NO/c1-11-7-4-9(12)10(8-11)5-2-3-6-10;10-8-4-7-9-5-2-1-3-6-9;1-7-5-3-2-4-6-7;1-6-4-2-3-5(6)7/h9,12H,2-8H2,1H3;8-9H,1-7H2;2-6H,1H3;2-4H2,1H3. The van der Waals surface area contributed by atoms with Crippen LogP contribution in [0.15, 0.2) is 30.3 Å². The van der Waals surface area contributed by atoms with E-state index in [0.29, 0.717) is 5.91 Å². The van der Waals surface area contributed by atoms with Crippen LogP contribution in [0.5, 0.6) is 0 Å². The van der Waals surface area contributed by atoms with Crippen LogP contribution < -0.4 is 0 Å². The van der Waals surface area contributed by atoms with E-state index >= 15 is 0 Å². The third-order valence-corrected chi connectivity index (χ3v) is 8.34. The molecule has 5 heteroatoms. The summed E-state index contributed by atoms with van der Waals surface area (Å²) in [6, 6.07) is 10.3. The Balaban J connectivity index is 0.000000174. The van der Waals surface area contributed by atoms with Crippen LogP contribution in [0.1, 0.15) is 95.5 Å². The highest BCUT2D eigenvalue weighted by Gasteiger charge is 2.43. The Kier molecular flexibility index (Phi) is 14.3. The van der Waals surface area contributed by atoms with Gasteiger partial charge in [0.2, 0.25) is 5.91 Å². The van der Waals surface area contributed by atoms with Crippen LogP contribution in [0.4, 0.5) is 0 Å². The van der Waals surface area contributed by atoms with Gasteiger partial charge in [-0.3, -0.25) is 4.79 Å². The predicted molar refractivity (Wildman–Crippen MR) is 149 cm³/mol. The number of nitrogens with zero attached hydrogens (tertiary/aromatic N) is 2. The van der Waals surface area contributed by atoms with E-state index in [4.69, 9.17) is 0 Å². The van der Waals surface area contributed by atoms with Gasteiger partial charge >= 0.3 is 0 Å². The highest BCUT2D eigenvalue weighted by Crippen LogP contribution is 2.44. The lowest BCUT2D eigenvalue weighted by molar-refractivity contribution is -0.126. The number of carbonyl (C=O) groups is 2. The molecule has 36 heavy (non-hydrogen) atoms. The Labute approximate surface area is 220 Å². The summed E-state index contributed by atoms with van der Waals surface area (Å²) in [7, 11) is 4.02. The fourth-order valence-electron chi connectivity index (χ4n) is 6.04. The molecule has 0 bridgehead atoms. The van der Waals surface area contributed by atoms with E-state index in [9.17, 15) is 14.7 Å². The van der Waals surface area contributed by atoms with Crippen molar-refractivity contribution in [1.29, 1.82) is 0 Å². The van der Waals surface area contributed by atoms with Crippen molar-refractivity contribution in [2.75, 3.05) is 33.7 Å². The Morgan fingerprint density at radius 2 is 1.61 bits per heavy atom. The molecule has 204 valence electrons. The Morgan fingerprint density at radius 1 is 0.944 bits per heavy atom. The van der Waals surface area contributed by atoms with E-state index in [-0.39, 0.29) is 11.5 Å². The number of amides is 1. The van der Waals surface area contributed by atoms with E-state index in [1.807, 2.05) is 25.2 Å². The van der Waals surface area contributed by atoms with Gasteiger partial charge in [0.25, 0.3) is 0 Å². The lowest BCUT2D eigenvalue weighted by Crippen LogP contribution is -2.48. The monoisotopic (exact) mass is 500 g/mol. The molecule has 1 unspecified atom stereocenters. The predicted octanol–water partition coefficient (Wildman–Crippen LogP) is 6.02. The number of carbonyl (C=O) groups excluding carboxylic acids is 2. The third kappa shape index (κ3) is 11.1. The number of aldehydes is 1. The largest absolute Gasteiger partial charge is 0.392 e. The van der Waals surface area contributed by atoms with E-state index in [1.54, 1.807) is 4.90 Å². The van der Waals surface area contributed by atoms with Crippen LogP contribution >= 0.6 is 0 Å². The van der Waals surface area contributed by atoms with Crippen molar-refractivity contribution in [2.45, 2.75) is 103 Å². The number of aliphatic hydroxyl groups is 1. The highest BCUT2D eigenvalue weighted by atomic mass is 16.3. The first kappa shape index (κ1) is 30.5. The van der Waals surface area contributed by atoms with Crippen LogP contribution in [0.2, 0.25) is 0 Å². The number of rotatable bonds is 3. The average molecular weight is 501 g/mol. The van der Waals surface area contributed by atoms with Crippen LogP contribution in [0.3, 0.4) is 0 Å². The Hall–Kier alpha value is -1.72. The van der Waals surface area contributed by atoms with Gasteiger partial charge in [-0.1, -0.05) is 80.8 Å². The van der Waals surface area contributed by atoms with E-state index < -0.39 is 0 Å². The minimum Gasteiger partial charge on any atom is -0.392 e. The molecular formula is C31H52N2O3. The molecule has 1 aromatic rings. The summed E-state index contributed by atoms with van der Waals surface area (Å²) in [5, 5.41) is 9.95. The van der Waals surface area contributed by atoms with Gasteiger partial charge in [0.15, 0.2) is 0 Å². The minimum atomic E-state index is -0.0174. The van der Waals surface area contributed by atoms with Crippen molar-refractivity contribution in [3.8, 4) is 0 Å². The van der Waals surface area contributed by atoms with Gasteiger partial charge in [0, 0.05) is 44.9 Å². The van der Waals surface area contributed by atoms with Crippen molar-refractivity contribution in [1.82, 2.24) is 9.80 Å². The number of hydrogen-bond acceptors (Lipinski definition) is 4. The average Bonchev–Trinajstić information content (AvgIpc) is 3.51. The second-order valence-corrected chi connectivity index (χ2v) is 11.4. The van der Waals surface area contributed by atoms with Gasteiger partial charge < -0.3 is 19.7 Å². The fourth-order valence-corrected chi connectivity index (χ4v) is 6.04. The van der Waals surface area contributed by atoms with Gasteiger partial charge in [-0.05, 0) is 52.0 Å². The molecule has 2 heterocycles. The molecule has 1 spiro atoms. The number of hydrogen-bond donors (Lipinski definition) is 1. The Morgan fingerprint density at radius 3 is 2.08 bits per heavy atom. The van der Waals surface area contributed by atoms with Crippen molar-refractivity contribution in [3.63, 3.8) is 0 Å². The molecule has 1 atom stereocenters. The van der Waals surface area contributed by atoms with Gasteiger partial charge in [-0.15, -0.1) is 0 Å². The molecule has 2 saturated heterocycles. The zero-order chi connectivity index (χ0) is 26.2. The molecule has 1 aromatic carbocycles. The number of aryl methyl sites for hydroxylation is 1. The topological polar surface area (TPSA) is 60.9 Å². The quantitative estimate of drug-likeness (QED) is 0.515. The van der Waals surface area contributed by atoms with Crippen molar-refractivity contribution in [2.24, 2.45) is 11.3 Å². The maximum absolute atomic E-state index is 10.5. The van der Waals surface area contributed by atoms with Gasteiger partial charge in [0.05, 0.1) is 6.10 Å².